The van der Waals surface area contributed by atoms with Crippen molar-refractivity contribution in [2.24, 2.45) is 0 Å². The summed E-state index contributed by atoms with van der Waals surface area (Å²) in [6.45, 7) is 0. The summed E-state index contributed by atoms with van der Waals surface area (Å²) in [7, 11) is 0. The summed E-state index contributed by atoms with van der Waals surface area (Å²) in [5.41, 5.74) is 1.25. The maximum Gasteiger partial charge on any atom is 0.261 e. The van der Waals surface area contributed by atoms with Gasteiger partial charge in [0.2, 0.25) is 11.8 Å². The van der Waals surface area contributed by atoms with Crippen molar-refractivity contribution in [3.05, 3.63) is 83.3 Å². The first-order valence-electron chi connectivity index (χ1n) is 10.5. The number of aryl methyl sites for hydroxylation is 1. The number of benzene rings is 2. The molecule has 0 aliphatic heterocycles. The summed E-state index contributed by atoms with van der Waals surface area (Å²) in [5, 5.41) is 3.50. The Bertz CT molecular complexity index is 1330. The van der Waals surface area contributed by atoms with Gasteiger partial charge in [0, 0.05) is 43.0 Å². The van der Waals surface area contributed by atoms with Gasteiger partial charge in [0.25, 0.3) is 5.56 Å². The zero-order chi connectivity index (χ0) is 21.9. The Balaban J connectivity index is 1.29. The van der Waals surface area contributed by atoms with E-state index in [9.17, 15) is 9.59 Å². The molecule has 32 heavy (non-hydrogen) atoms. The van der Waals surface area contributed by atoms with E-state index < -0.39 is 0 Å². The molecule has 1 saturated carbocycles. The van der Waals surface area contributed by atoms with Crippen molar-refractivity contribution >= 4 is 22.5 Å². The Labute approximate surface area is 183 Å². The number of nitrogens with zero attached hydrogens (tertiary/aromatic N) is 4. The third kappa shape index (κ3) is 4.34. The number of carbonyl (C=O) groups is 1. The van der Waals surface area contributed by atoms with Crippen LogP contribution in [0.2, 0.25) is 0 Å². The first-order chi connectivity index (χ1) is 15.7. The summed E-state index contributed by atoms with van der Waals surface area (Å²) >= 11 is 0. The molecule has 1 aliphatic rings. The number of anilines is 1. The Morgan fingerprint density at radius 2 is 2.00 bits per heavy atom. The molecule has 0 unspecified atom stereocenters. The molecule has 8 nitrogen and oxygen atoms in total. The van der Waals surface area contributed by atoms with Crippen LogP contribution in [-0.4, -0.2) is 25.4 Å². The number of carbonyl (C=O) groups excluding carboxylic acids is 1. The van der Waals surface area contributed by atoms with E-state index in [0.717, 1.165) is 12.8 Å². The van der Waals surface area contributed by atoms with Gasteiger partial charge in [0.1, 0.15) is 11.6 Å². The highest BCUT2D eigenvalue weighted by Crippen LogP contribution is 2.35. The van der Waals surface area contributed by atoms with Gasteiger partial charge in [-0.05, 0) is 37.1 Å². The average molecular weight is 427 g/mol. The SMILES string of the molecule is O=C(CCc1nc2ccccc2c(=O)n1C1CC1)Nc1cccc(Oc2cnccn2)c1. The monoisotopic (exact) mass is 427 g/mol. The number of aromatic nitrogens is 4. The molecule has 0 radical (unpaired) electrons. The van der Waals surface area contributed by atoms with Crippen LogP contribution in [0.25, 0.3) is 10.9 Å². The van der Waals surface area contributed by atoms with Crippen LogP contribution in [0, 0.1) is 0 Å². The Kier molecular flexibility index (Phi) is 5.33. The fourth-order valence-corrected chi connectivity index (χ4v) is 3.62. The molecule has 4 aromatic rings. The highest BCUT2D eigenvalue weighted by Gasteiger charge is 2.28. The summed E-state index contributed by atoms with van der Waals surface area (Å²) in [6, 6.07) is 14.6. The van der Waals surface area contributed by atoms with E-state index in [4.69, 9.17) is 4.74 Å². The van der Waals surface area contributed by atoms with Gasteiger partial charge in [0.05, 0.1) is 17.1 Å². The topological polar surface area (TPSA) is 99.0 Å². The smallest absolute Gasteiger partial charge is 0.261 e. The van der Waals surface area contributed by atoms with Gasteiger partial charge in [-0.1, -0.05) is 18.2 Å². The number of fused-ring (bicyclic) bond motifs is 1. The van der Waals surface area contributed by atoms with E-state index >= 15 is 0 Å². The molecule has 1 fully saturated rings. The molecule has 0 atom stereocenters. The molecular weight excluding hydrogens is 406 g/mol. The van der Waals surface area contributed by atoms with Crippen LogP contribution < -0.4 is 15.6 Å². The zero-order valence-corrected chi connectivity index (χ0v) is 17.3. The molecule has 2 aromatic heterocycles. The number of rotatable bonds is 7. The van der Waals surface area contributed by atoms with Crippen molar-refractivity contribution in [3.8, 4) is 11.6 Å². The highest BCUT2D eigenvalue weighted by molar-refractivity contribution is 5.91. The number of para-hydroxylation sites is 1. The van der Waals surface area contributed by atoms with Crippen LogP contribution in [0.1, 0.15) is 31.1 Å². The number of nitrogens with one attached hydrogen (secondary N) is 1. The lowest BCUT2D eigenvalue weighted by Crippen LogP contribution is -2.25. The van der Waals surface area contributed by atoms with Gasteiger partial charge < -0.3 is 10.1 Å². The summed E-state index contributed by atoms with van der Waals surface area (Å²) in [5.74, 6) is 1.41. The van der Waals surface area contributed by atoms with Crippen molar-refractivity contribution in [2.45, 2.75) is 31.7 Å². The molecular formula is C24H21N5O3. The lowest BCUT2D eigenvalue weighted by molar-refractivity contribution is -0.116. The molecule has 2 heterocycles. The highest BCUT2D eigenvalue weighted by atomic mass is 16.5. The maximum absolute atomic E-state index is 13.0. The molecule has 8 heteroatoms. The van der Waals surface area contributed by atoms with E-state index in [1.165, 1.54) is 6.20 Å². The molecule has 0 saturated heterocycles. The third-order valence-corrected chi connectivity index (χ3v) is 5.25. The predicted octanol–water partition coefficient (Wildman–Crippen LogP) is 3.89. The minimum absolute atomic E-state index is 0.0256. The third-order valence-electron chi connectivity index (χ3n) is 5.25. The molecule has 1 N–H and O–H groups in total. The normalized spacial score (nSPS) is 13.1. The van der Waals surface area contributed by atoms with E-state index in [0.29, 0.717) is 40.5 Å². The Morgan fingerprint density at radius 3 is 2.81 bits per heavy atom. The lowest BCUT2D eigenvalue weighted by atomic mass is 10.2. The minimum Gasteiger partial charge on any atom is -0.437 e. The van der Waals surface area contributed by atoms with Crippen LogP contribution in [0.4, 0.5) is 5.69 Å². The van der Waals surface area contributed by atoms with Gasteiger partial charge in [-0.15, -0.1) is 0 Å². The van der Waals surface area contributed by atoms with Crippen LogP contribution in [0.15, 0.2) is 71.9 Å². The van der Waals surface area contributed by atoms with Crippen LogP contribution in [0.3, 0.4) is 0 Å². The van der Waals surface area contributed by atoms with Gasteiger partial charge >= 0.3 is 0 Å². The minimum atomic E-state index is -0.161. The predicted molar refractivity (Wildman–Crippen MR) is 120 cm³/mol. The number of amides is 1. The van der Waals surface area contributed by atoms with Gasteiger partial charge in [-0.25, -0.2) is 9.97 Å². The molecule has 2 aromatic carbocycles. The molecule has 160 valence electrons. The van der Waals surface area contributed by atoms with Crippen LogP contribution >= 0.6 is 0 Å². The van der Waals surface area contributed by atoms with Gasteiger partial charge in [-0.2, -0.15) is 0 Å². The van der Waals surface area contributed by atoms with Gasteiger partial charge in [0.15, 0.2) is 0 Å². The summed E-state index contributed by atoms with van der Waals surface area (Å²) < 4.78 is 7.43. The molecule has 5 rings (SSSR count). The second-order valence-electron chi connectivity index (χ2n) is 7.67. The van der Waals surface area contributed by atoms with Crippen molar-refractivity contribution in [1.29, 1.82) is 0 Å². The maximum atomic E-state index is 13.0. The number of hydrogen-bond acceptors (Lipinski definition) is 6. The average Bonchev–Trinajstić information content (AvgIpc) is 3.64. The van der Waals surface area contributed by atoms with Crippen molar-refractivity contribution in [2.75, 3.05) is 5.32 Å². The fraction of sp³-hybridized carbons (Fsp3) is 0.208. The first-order valence-corrected chi connectivity index (χ1v) is 10.5. The molecule has 1 amide bonds. The second-order valence-corrected chi connectivity index (χ2v) is 7.67. The number of ether oxygens (including phenoxy) is 1. The van der Waals surface area contributed by atoms with E-state index in [1.54, 1.807) is 47.3 Å². The standard InChI is InChI=1S/C24H21N5O3/c30-22(27-16-4-3-5-18(14-16)32-23-15-25-12-13-26-23)11-10-21-28-20-7-2-1-6-19(20)24(31)29(21)17-8-9-17/h1-7,12-15,17H,8-11H2,(H,27,30). The largest absolute Gasteiger partial charge is 0.437 e. The lowest BCUT2D eigenvalue weighted by Gasteiger charge is -2.13. The Morgan fingerprint density at radius 1 is 1.12 bits per heavy atom. The van der Waals surface area contributed by atoms with E-state index in [1.807, 2.05) is 18.2 Å². The Hall–Kier alpha value is -4.07. The van der Waals surface area contributed by atoms with Gasteiger partial charge in [-0.3, -0.25) is 19.1 Å². The number of hydrogen-bond donors (Lipinski definition) is 1. The van der Waals surface area contributed by atoms with Crippen molar-refractivity contribution in [3.63, 3.8) is 0 Å². The summed E-state index contributed by atoms with van der Waals surface area (Å²) in [4.78, 5) is 38.3. The van der Waals surface area contributed by atoms with Crippen LogP contribution in [-0.2, 0) is 11.2 Å². The van der Waals surface area contributed by atoms with E-state index in [-0.39, 0.29) is 23.9 Å². The first kappa shape index (κ1) is 19.9. The molecule has 0 spiro atoms. The van der Waals surface area contributed by atoms with Crippen LogP contribution in [0.5, 0.6) is 11.6 Å². The van der Waals surface area contributed by atoms with Crippen molar-refractivity contribution < 1.29 is 9.53 Å². The molecule has 0 bridgehead atoms. The fourth-order valence-electron chi connectivity index (χ4n) is 3.62. The molecule has 1 aliphatic carbocycles. The summed E-state index contributed by atoms with van der Waals surface area (Å²) in [6.07, 6.45) is 7.17. The zero-order valence-electron chi connectivity index (χ0n) is 17.3. The van der Waals surface area contributed by atoms with E-state index in [2.05, 4.69) is 20.3 Å². The second kappa shape index (κ2) is 8.58. The quantitative estimate of drug-likeness (QED) is 0.480. The van der Waals surface area contributed by atoms with Crippen molar-refractivity contribution in [1.82, 2.24) is 19.5 Å².